The smallest absolute Gasteiger partial charge is 0.0561 e. The molecule has 4 aromatic heterocycles. The molecule has 680 valence electrons. The third kappa shape index (κ3) is 14.8. The van der Waals surface area contributed by atoms with E-state index in [1.807, 2.05) is 0 Å². The van der Waals surface area contributed by atoms with Crippen LogP contribution in [0, 0.1) is 0 Å². The second-order valence-electron chi connectivity index (χ2n) is 38.9. The van der Waals surface area contributed by atoms with Crippen molar-refractivity contribution in [1.82, 2.24) is 18.3 Å². The molecule has 7 nitrogen and oxygen atoms in total. The quantitative estimate of drug-likeness (QED) is 0.102. The van der Waals surface area contributed by atoms with Gasteiger partial charge >= 0.3 is 0 Å². The Labute approximate surface area is 839 Å². The van der Waals surface area contributed by atoms with Crippen LogP contribution < -0.4 is 14.7 Å². The highest BCUT2D eigenvalue weighted by Crippen LogP contribution is 2.54. The molecule has 28 rings (SSSR count). The summed E-state index contributed by atoms with van der Waals surface area (Å²) in [5, 5.41) is 14.8. The van der Waals surface area contributed by atoms with Crippen LogP contribution in [0.15, 0.2) is 514 Å². The molecule has 0 aliphatic heterocycles. The monoisotopic (exact) mass is 1900 g/mol. The molecule has 0 radical (unpaired) electrons. The van der Waals surface area contributed by atoms with Crippen molar-refractivity contribution < 1.29 is 0 Å². The van der Waals surface area contributed by atoms with Crippen molar-refractivity contribution in [3.8, 4) is 45.0 Å². The average Bonchev–Trinajstić information content (AvgIpc) is 1.56. The van der Waals surface area contributed by atoms with Gasteiger partial charge in [-0.15, -0.1) is 0 Å². The number of para-hydroxylation sites is 9. The van der Waals surface area contributed by atoms with Crippen molar-refractivity contribution in [2.75, 3.05) is 14.7 Å². The molecule has 0 spiro atoms. The van der Waals surface area contributed by atoms with Crippen LogP contribution in [0.1, 0.15) is 61.1 Å². The van der Waals surface area contributed by atoms with Crippen LogP contribution in [0.2, 0.25) is 0 Å². The highest BCUT2D eigenvalue weighted by Gasteiger charge is 2.38. The first-order chi connectivity index (χ1) is 70.3. The van der Waals surface area contributed by atoms with Crippen LogP contribution in [0.5, 0.6) is 0 Å². The molecular weight excluding hydrogens is 1800 g/mol. The summed E-state index contributed by atoms with van der Waals surface area (Å²) in [6, 6.07) is 186. The van der Waals surface area contributed by atoms with Crippen LogP contribution in [0.4, 0.5) is 51.2 Å². The van der Waals surface area contributed by atoms with E-state index >= 15 is 0 Å². The van der Waals surface area contributed by atoms with Crippen molar-refractivity contribution >= 4 is 176 Å². The Morgan fingerprint density at radius 3 is 0.832 bits per heavy atom. The number of aromatic nitrogens is 4. The van der Waals surface area contributed by atoms with Crippen molar-refractivity contribution in [2.45, 2.75) is 44.9 Å². The minimum Gasteiger partial charge on any atom is -0.310 e. The van der Waals surface area contributed by atoms with Gasteiger partial charge in [-0.05, 0) is 284 Å². The summed E-state index contributed by atoms with van der Waals surface area (Å²) in [4.78, 5) is 7.14. The molecule has 0 N–H and O–H groups in total. The minimum absolute atomic E-state index is 0.0678. The lowest BCUT2D eigenvalue weighted by Gasteiger charge is -2.27. The molecule has 0 atom stereocenters. The maximum absolute atomic E-state index is 3.63. The molecular formula is C135H98BrN7. The average molecular weight is 1900 g/mol. The van der Waals surface area contributed by atoms with Crippen molar-refractivity contribution in [2.24, 2.45) is 0 Å². The number of benzene rings is 22. The van der Waals surface area contributed by atoms with Gasteiger partial charge in [0.25, 0.3) is 0 Å². The Hall–Kier alpha value is -17.6. The normalized spacial score (nSPS) is 12.7. The molecule has 0 amide bonds. The molecule has 0 saturated heterocycles. The van der Waals surface area contributed by atoms with Crippen molar-refractivity contribution in [1.29, 1.82) is 0 Å². The fraction of sp³-hybridized carbons (Fsp3) is 0.0519. The van der Waals surface area contributed by atoms with Gasteiger partial charge in [-0.25, -0.2) is 0 Å². The fourth-order valence-electron chi connectivity index (χ4n) is 23.1. The summed E-state index contributed by atoms with van der Waals surface area (Å²) >= 11 is 3.63. The van der Waals surface area contributed by atoms with Crippen LogP contribution in [0.3, 0.4) is 0 Å². The topological polar surface area (TPSA) is 29.4 Å². The number of fused-ring (bicyclic) bond motifs is 20. The maximum atomic E-state index is 3.63. The molecule has 4 heterocycles. The summed E-state index contributed by atoms with van der Waals surface area (Å²) in [5.41, 5.74) is 37.7. The maximum Gasteiger partial charge on any atom is 0.0561 e. The van der Waals surface area contributed by atoms with E-state index in [9.17, 15) is 0 Å². The molecule has 0 fully saturated rings. The van der Waals surface area contributed by atoms with Gasteiger partial charge in [-0.3, -0.25) is 0 Å². The first kappa shape index (κ1) is 85.8. The zero-order chi connectivity index (χ0) is 95.5. The number of halogens is 1. The first-order valence-electron chi connectivity index (χ1n) is 49.4. The van der Waals surface area contributed by atoms with E-state index in [1.54, 1.807) is 0 Å². The lowest BCUT2D eigenvalue weighted by atomic mass is 9.82. The molecule has 0 unspecified atom stereocenters. The lowest BCUT2D eigenvalue weighted by molar-refractivity contribution is 0.660. The summed E-state index contributed by atoms with van der Waals surface area (Å²) < 4.78 is 10.8. The van der Waals surface area contributed by atoms with Gasteiger partial charge in [0.1, 0.15) is 0 Å². The number of nitrogens with zero attached hydrogens (tertiary/aromatic N) is 7. The number of hydrogen-bond donors (Lipinski definition) is 0. The Morgan fingerprint density at radius 2 is 0.455 bits per heavy atom. The number of hydrogen-bond acceptors (Lipinski definition) is 3. The van der Waals surface area contributed by atoms with E-state index in [0.29, 0.717) is 0 Å². The summed E-state index contributed by atoms with van der Waals surface area (Å²) in [5.74, 6) is 0. The van der Waals surface area contributed by atoms with Gasteiger partial charge in [0.15, 0.2) is 0 Å². The van der Waals surface area contributed by atoms with Crippen LogP contribution >= 0.6 is 15.9 Å². The second-order valence-corrected chi connectivity index (χ2v) is 39.8. The highest BCUT2D eigenvalue weighted by molar-refractivity contribution is 9.10. The van der Waals surface area contributed by atoms with Crippen molar-refractivity contribution in [3.05, 3.63) is 547 Å². The van der Waals surface area contributed by atoms with E-state index in [0.717, 1.165) is 78.5 Å². The summed E-state index contributed by atoms with van der Waals surface area (Å²) in [6.07, 6.45) is 0.951. The SMILES string of the molecule is CC1(C)c2ccccc2-c2ccc(-n3c4ccccc4c4ccc(N(c5ccccc5)c5ccc6cc(Br)ccc6c5)cc43)cc21.CC1(C)c2ccccc2-c2ccc(-n3c4ccccc4c4ccc(N(c5ccccc5)c5ccc6cc(N(c7ccccc7)c7ccc8c9ccccc9n(-c9ccccc9)c8c7)ccc6c5)cc43)cc21.c1ccc(Cc2ccc3c4ccccc4n(-c4ccccc4)c3c2)cc1. The largest absolute Gasteiger partial charge is 0.310 e. The zero-order valence-corrected chi connectivity index (χ0v) is 81.3. The molecule has 143 heavy (non-hydrogen) atoms. The van der Waals surface area contributed by atoms with Crippen molar-refractivity contribution in [3.63, 3.8) is 0 Å². The highest BCUT2D eigenvalue weighted by atomic mass is 79.9. The van der Waals surface area contributed by atoms with Crippen LogP contribution in [-0.2, 0) is 17.3 Å². The summed E-state index contributed by atoms with van der Waals surface area (Å²) in [7, 11) is 0. The van der Waals surface area contributed by atoms with Crippen LogP contribution in [-0.4, -0.2) is 18.3 Å². The molecule has 0 bridgehead atoms. The number of anilines is 9. The van der Waals surface area contributed by atoms with E-state index in [1.165, 1.54) is 171 Å². The third-order valence-electron chi connectivity index (χ3n) is 29.8. The predicted octanol–water partition coefficient (Wildman–Crippen LogP) is 37.1. The molecule has 26 aromatic rings. The van der Waals surface area contributed by atoms with Gasteiger partial charge in [0.2, 0.25) is 0 Å². The van der Waals surface area contributed by atoms with E-state index < -0.39 is 0 Å². The van der Waals surface area contributed by atoms with Gasteiger partial charge in [-0.1, -0.05) is 353 Å². The first-order valence-corrected chi connectivity index (χ1v) is 50.2. The van der Waals surface area contributed by atoms with E-state index in [2.05, 4.69) is 586 Å². The Bertz CT molecular complexity index is 9460. The standard InChI is InChI=1S/C67H48N4.C43H31BrN2.C25H19N/c1-67(2)61-27-15-12-24-55(61)56-37-34-52(42-62(56)67)71-64-29-17-14-26-58(64)60-39-36-54(44-66(60)71)69(48-20-8-4-9-21-48)51-33-31-45-40-50(32-30-46(45)41-51)68(47-18-6-3-7-19-47)53-35-38-59-57-25-13-16-28-63(57)70(65(59)43-53)49-22-10-5-11-23-49;1-43(2)39-14-8-6-12-35(39)36-22-20-33(26-40(36)43)46-41-15-9-7-13-37(41)38-23-21-34(27-42(38)46)45(31-10-4-3-5-11-31)32-19-17-28-24-30(44)18-16-29(28)25-32;1-3-9-19(10-4-1)17-20-15-16-23-22-13-7-8-14-24(22)26(25(23)18-20)21-11-5-2-6-12-21/h3-44H,1-2H3;3-27H,1-2H3;1-16,18H,17H2. The van der Waals surface area contributed by atoms with Crippen LogP contribution in [0.25, 0.3) is 154 Å². The number of rotatable bonds is 15. The third-order valence-corrected chi connectivity index (χ3v) is 30.3. The molecule has 22 aromatic carbocycles. The predicted molar refractivity (Wildman–Crippen MR) is 608 cm³/mol. The van der Waals surface area contributed by atoms with Gasteiger partial charge < -0.3 is 33.0 Å². The molecule has 2 aliphatic carbocycles. The van der Waals surface area contributed by atoms with Gasteiger partial charge in [0.05, 0.1) is 44.1 Å². The Kier molecular flexibility index (Phi) is 21.1. The minimum atomic E-state index is -0.105. The van der Waals surface area contributed by atoms with Gasteiger partial charge in [0, 0.05) is 132 Å². The molecule has 0 saturated carbocycles. The summed E-state index contributed by atoms with van der Waals surface area (Å²) in [6.45, 7) is 9.43. The van der Waals surface area contributed by atoms with E-state index in [-0.39, 0.29) is 10.8 Å². The Morgan fingerprint density at radius 1 is 0.182 bits per heavy atom. The molecule has 8 heteroatoms. The van der Waals surface area contributed by atoms with E-state index in [4.69, 9.17) is 0 Å². The molecule has 2 aliphatic rings. The lowest BCUT2D eigenvalue weighted by Crippen LogP contribution is -2.15. The fourth-order valence-corrected chi connectivity index (χ4v) is 23.5. The second kappa shape index (κ2) is 35.1. The van der Waals surface area contributed by atoms with Gasteiger partial charge in [-0.2, -0.15) is 0 Å². The zero-order valence-electron chi connectivity index (χ0n) is 79.7. The Balaban J connectivity index is 0.000000123.